The highest BCUT2D eigenvalue weighted by molar-refractivity contribution is 9.10. The van der Waals surface area contributed by atoms with Gasteiger partial charge in [0, 0.05) is 17.6 Å². The van der Waals surface area contributed by atoms with Crippen molar-refractivity contribution >= 4 is 33.1 Å². The molecule has 6 heteroatoms. The van der Waals surface area contributed by atoms with E-state index in [4.69, 9.17) is 0 Å². The Bertz CT molecular complexity index is 553. The third kappa shape index (κ3) is 3.05. The third-order valence-electron chi connectivity index (χ3n) is 2.38. The Balaban J connectivity index is 2.28. The summed E-state index contributed by atoms with van der Waals surface area (Å²) in [6.07, 6.45) is 0.686. The summed E-state index contributed by atoms with van der Waals surface area (Å²) >= 11 is 5.15. The molecule has 2 heterocycles. The number of thiazole rings is 1. The van der Waals surface area contributed by atoms with Crippen LogP contribution in [0.15, 0.2) is 9.85 Å². The monoisotopic (exact) mass is 326 g/mol. The summed E-state index contributed by atoms with van der Waals surface area (Å²) in [4.78, 5) is 13.5. The summed E-state index contributed by atoms with van der Waals surface area (Å²) in [5, 5.41) is 6.33. The highest BCUT2D eigenvalue weighted by atomic mass is 79.9. The fourth-order valence-electron chi connectivity index (χ4n) is 1.60. The van der Waals surface area contributed by atoms with Crippen LogP contribution in [0.25, 0.3) is 0 Å². The van der Waals surface area contributed by atoms with Crippen LogP contribution in [0.2, 0.25) is 0 Å². The Labute approximate surface area is 119 Å². The lowest BCUT2D eigenvalue weighted by atomic mass is 10.3. The number of aromatic nitrogens is 3. The maximum absolute atomic E-state index is 4.52. The molecule has 0 fully saturated rings. The van der Waals surface area contributed by atoms with Crippen LogP contribution in [-0.4, -0.2) is 21.5 Å². The normalized spacial score (nSPS) is 10.7. The number of hydrogen-bond donors (Lipinski definition) is 1. The number of hydrogen-bond acceptors (Lipinski definition) is 5. The van der Waals surface area contributed by atoms with Crippen LogP contribution in [0.3, 0.4) is 0 Å². The third-order valence-corrected chi connectivity index (χ3v) is 4.30. The highest BCUT2D eigenvalue weighted by Crippen LogP contribution is 2.24. The second kappa shape index (κ2) is 5.75. The van der Waals surface area contributed by atoms with Crippen LogP contribution < -0.4 is 5.32 Å². The molecule has 0 aliphatic heterocycles. The van der Waals surface area contributed by atoms with E-state index in [1.807, 2.05) is 26.2 Å². The fraction of sp³-hybridized carbons (Fsp3) is 0.417. The van der Waals surface area contributed by atoms with Gasteiger partial charge in [0.2, 0.25) is 0 Å². The molecule has 0 unspecified atom stereocenters. The summed E-state index contributed by atoms with van der Waals surface area (Å²) in [6, 6.07) is 0. The average molecular weight is 327 g/mol. The van der Waals surface area contributed by atoms with Gasteiger partial charge in [0.15, 0.2) is 0 Å². The first-order chi connectivity index (χ1) is 8.60. The molecule has 0 amide bonds. The SMILES string of the molecule is CCNc1nc(Cc2nc(C)cs2)nc(C)c1Br. The number of aryl methyl sites for hydroxylation is 2. The van der Waals surface area contributed by atoms with Gasteiger partial charge in [-0.3, -0.25) is 0 Å². The van der Waals surface area contributed by atoms with Crippen LogP contribution in [0, 0.1) is 13.8 Å². The average Bonchev–Trinajstić information content (AvgIpc) is 2.71. The van der Waals surface area contributed by atoms with Gasteiger partial charge >= 0.3 is 0 Å². The number of anilines is 1. The quantitative estimate of drug-likeness (QED) is 0.936. The standard InChI is InChI=1S/C12H15BrN4S/c1-4-14-12-11(13)8(3)16-9(17-12)5-10-15-7(2)6-18-10/h6H,4-5H2,1-3H3,(H,14,16,17). The van der Waals surface area contributed by atoms with Crippen molar-refractivity contribution in [1.82, 2.24) is 15.0 Å². The Morgan fingerprint density at radius 2 is 2.06 bits per heavy atom. The summed E-state index contributed by atoms with van der Waals surface area (Å²) in [5.74, 6) is 1.66. The Morgan fingerprint density at radius 3 is 2.67 bits per heavy atom. The second-order valence-electron chi connectivity index (χ2n) is 3.98. The zero-order valence-electron chi connectivity index (χ0n) is 10.6. The Hall–Kier alpha value is -1.01. The van der Waals surface area contributed by atoms with E-state index in [0.717, 1.165) is 39.1 Å². The van der Waals surface area contributed by atoms with Crippen LogP contribution in [0.1, 0.15) is 29.1 Å². The number of nitrogens with zero attached hydrogens (tertiary/aromatic N) is 3. The lowest BCUT2D eigenvalue weighted by Crippen LogP contribution is -2.07. The van der Waals surface area contributed by atoms with Crippen LogP contribution in [-0.2, 0) is 6.42 Å². The summed E-state index contributed by atoms with van der Waals surface area (Å²) in [5.41, 5.74) is 2.00. The maximum atomic E-state index is 4.52. The fourth-order valence-corrected chi connectivity index (χ4v) is 2.69. The van der Waals surface area contributed by atoms with Crippen molar-refractivity contribution in [3.05, 3.63) is 32.1 Å². The van der Waals surface area contributed by atoms with E-state index in [2.05, 4.69) is 36.2 Å². The molecule has 0 spiro atoms. The maximum Gasteiger partial charge on any atom is 0.144 e. The molecule has 4 nitrogen and oxygen atoms in total. The molecular formula is C12H15BrN4S. The zero-order valence-corrected chi connectivity index (χ0v) is 13.0. The molecule has 96 valence electrons. The first kappa shape index (κ1) is 13.4. The van der Waals surface area contributed by atoms with E-state index in [-0.39, 0.29) is 0 Å². The van der Waals surface area contributed by atoms with Gasteiger partial charge in [-0.25, -0.2) is 15.0 Å². The highest BCUT2D eigenvalue weighted by Gasteiger charge is 2.10. The molecule has 0 aliphatic carbocycles. The van der Waals surface area contributed by atoms with E-state index >= 15 is 0 Å². The minimum Gasteiger partial charge on any atom is -0.369 e. The lowest BCUT2D eigenvalue weighted by molar-refractivity contribution is 0.920. The van der Waals surface area contributed by atoms with E-state index in [1.54, 1.807) is 11.3 Å². The molecule has 0 aromatic carbocycles. The smallest absolute Gasteiger partial charge is 0.144 e. The molecule has 18 heavy (non-hydrogen) atoms. The van der Waals surface area contributed by atoms with Crippen molar-refractivity contribution in [2.45, 2.75) is 27.2 Å². The number of rotatable bonds is 4. The Morgan fingerprint density at radius 1 is 1.28 bits per heavy atom. The van der Waals surface area contributed by atoms with E-state index in [0.29, 0.717) is 6.42 Å². The molecule has 0 saturated carbocycles. The minimum absolute atomic E-state index is 0.686. The van der Waals surface area contributed by atoms with Gasteiger partial charge in [-0.1, -0.05) is 0 Å². The molecule has 2 rings (SSSR count). The van der Waals surface area contributed by atoms with Crippen LogP contribution in [0.5, 0.6) is 0 Å². The van der Waals surface area contributed by atoms with Crippen LogP contribution >= 0.6 is 27.3 Å². The van der Waals surface area contributed by atoms with Gasteiger partial charge in [0.05, 0.1) is 16.6 Å². The van der Waals surface area contributed by atoms with Crippen molar-refractivity contribution in [3.63, 3.8) is 0 Å². The van der Waals surface area contributed by atoms with Gasteiger partial charge in [-0.05, 0) is 36.7 Å². The van der Waals surface area contributed by atoms with Gasteiger partial charge in [-0.2, -0.15) is 0 Å². The molecule has 0 aliphatic rings. The summed E-state index contributed by atoms with van der Waals surface area (Å²) in [7, 11) is 0. The van der Waals surface area contributed by atoms with Crippen molar-refractivity contribution in [2.24, 2.45) is 0 Å². The summed E-state index contributed by atoms with van der Waals surface area (Å²) < 4.78 is 0.934. The second-order valence-corrected chi connectivity index (χ2v) is 5.71. The molecule has 0 bridgehead atoms. The predicted octanol–water partition coefficient (Wildman–Crippen LogP) is 3.34. The minimum atomic E-state index is 0.686. The number of nitrogens with one attached hydrogen (secondary N) is 1. The molecule has 0 saturated heterocycles. The first-order valence-electron chi connectivity index (χ1n) is 5.78. The molecule has 0 atom stereocenters. The van der Waals surface area contributed by atoms with E-state index < -0.39 is 0 Å². The first-order valence-corrected chi connectivity index (χ1v) is 7.45. The number of halogens is 1. The van der Waals surface area contributed by atoms with Gasteiger partial charge in [0.1, 0.15) is 16.6 Å². The molecule has 0 radical (unpaired) electrons. The molecular weight excluding hydrogens is 312 g/mol. The van der Waals surface area contributed by atoms with Crippen molar-refractivity contribution < 1.29 is 0 Å². The van der Waals surface area contributed by atoms with Gasteiger partial charge in [-0.15, -0.1) is 11.3 Å². The van der Waals surface area contributed by atoms with E-state index in [1.165, 1.54) is 0 Å². The Kier molecular flexibility index (Phi) is 4.29. The summed E-state index contributed by atoms with van der Waals surface area (Å²) in [6.45, 7) is 6.86. The topological polar surface area (TPSA) is 50.7 Å². The lowest BCUT2D eigenvalue weighted by Gasteiger charge is -2.09. The van der Waals surface area contributed by atoms with Crippen molar-refractivity contribution in [2.75, 3.05) is 11.9 Å². The van der Waals surface area contributed by atoms with E-state index in [9.17, 15) is 0 Å². The van der Waals surface area contributed by atoms with Crippen molar-refractivity contribution in [1.29, 1.82) is 0 Å². The van der Waals surface area contributed by atoms with Gasteiger partial charge in [0.25, 0.3) is 0 Å². The van der Waals surface area contributed by atoms with Gasteiger partial charge < -0.3 is 5.32 Å². The molecule has 2 aromatic rings. The zero-order chi connectivity index (χ0) is 13.1. The largest absolute Gasteiger partial charge is 0.369 e. The van der Waals surface area contributed by atoms with Crippen LogP contribution in [0.4, 0.5) is 5.82 Å². The predicted molar refractivity (Wildman–Crippen MR) is 78.3 cm³/mol. The van der Waals surface area contributed by atoms with Crippen molar-refractivity contribution in [3.8, 4) is 0 Å². The molecule has 2 aromatic heterocycles. The molecule has 1 N–H and O–H groups in total.